The Morgan fingerprint density at radius 2 is 2.14 bits per heavy atom. The predicted octanol–water partition coefficient (Wildman–Crippen LogP) is 2.07. The van der Waals surface area contributed by atoms with Crippen LogP contribution in [0.1, 0.15) is 25.8 Å². The lowest BCUT2D eigenvalue weighted by molar-refractivity contribution is 0.0976. The van der Waals surface area contributed by atoms with E-state index in [1.54, 1.807) is 4.90 Å². The van der Waals surface area contributed by atoms with Gasteiger partial charge < -0.3 is 15.4 Å². The van der Waals surface area contributed by atoms with Gasteiger partial charge in [0.05, 0.1) is 0 Å². The second kappa shape index (κ2) is 8.15. The first-order valence-electron chi connectivity index (χ1n) is 8.03. The maximum absolute atomic E-state index is 12.2. The Morgan fingerprint density at radius 3 is 2.77 bits per heavy atom. The van der Waals surface area contributed by atoms with E-state index in [1.807, 2.05) is 30.3 Å². The van der Waals surface area contributed by atoms with Gasteiger partial charge in [0.1, 0.15) is 6.61 Å². The Kier molecular flexibility index (Phi) is 6.21. The molecule has 2 N–H and O–H groups in total. The SMILES string of the molecule is CC(C)N(CCN)[C@@H]1CCN(C(=O)OCc2ccccc2)C1. The molecule has 122 valence electrons. The minimum atomic E-state index is -0.220. The molecule has 1 aliphatic rings. The zero-order valence-electron chi connectivity index (χ0n) is 13.6. The molecule has 0 radical (unpaired) electrons. The van der Waals surface area contributed by atoms with E-state index in [1.165, 1.54) is 0 Å². The summed E-state index contributed by atoms with van der Waals surface area (Å²) in [6, 6.07) is 10.6. The van der Waals surface area contributed by atoms with Crippen LogP contribution in [0.5, 0.6) is 0 Å². The maximum atomic E-state index is 12.2. The van der Waals surface area contributed by atoms with E-state index < -0.39 is 0 Å². The largest absolute Gasteiger partial charge is 0.445 e. The fourth-order valence-electron chi connectivity index (χ4n) is 3.00. The lowest BCUT2D eigenvalue weighted by Crippen LogP contribution is -2.45. The average Bonchev–Trinajstić information content (AvgIpc) is 3.00. The molecule has 5 heteroatoms. The lowest BCUT2D eigenvalue weighted by atomic mass is 10.1. The van der Waals surface area contributed by atoms with E-state index >= 15 is 0 Å². The highest BCUT2D eigenvalue weighted by Crippen LogP contribution is 2.18. The summed E-state index contributed by atoms with van der Waals surface area (Å²) < 4.78 is 5.40. The Bertz CT molecular complexity index is 464. The summed E-state index contributed by atoms with van der Waals surface area (Å²) in [4.78, 5) is 16.4. The zero-order valence-corrected chi connectivity index (χ0v) is 13.6. The second-order valence-corrected chi connectivity index (χ2v) is 6.05. The van der Waals surface area contributed by atoms with Crippen molar-refractivity contribution in [2.75, 3.05) is 26.2 Å². The van der Waals surface area contributed by atoms with E-state index in [2.05, 4.69) is 18.7 Å². The van der Waals surface area contributed by atoms with Gasteiger partial charge in [-0.1, -0.05) is 30.3 Å². The summed E-state index contributed by atoms with van der Waals surface area (Å²) in [5, 5.41) is 0. The number of nitrogens with zero attached hydrogens (tertiary/aromatic N) is 2. The van der Waals surface area contributed by atoms with Crippen LogP contribution in [0.2, 0.25) is 0 Å². The molecule has 1 aliphatic heterocycles. The molecular formula is C17H27N3O2. The van der Waals surface area contributed by atoms with Gasteiger partial charge >= 0.3 is 6.09 Å². The van der Waals surface area contributed by atoms with Crippen molar-refractivity contribution in [3.63, 3.8) is 0 Å². The molecule has 1 aromatic rings. The van der Waals surface area contributed by atoms with Crippen molar-refractivity contribution in [3.05, 3.63) is 35.9 Å². The van der Waals surface area contributed by atoms with E-state index in [0.717, 1.165) is 31.6 Å². The normalized spacial score (nSPS) is 18.2. The first-order chi connectivity index (χ1) is 10.6. The highest BCUT2D eigenvalue weighted by Gasteiger charge is 2.31. The van der Waals surface area contributed by atoms with Crippen LogP contribution in [-0.2, 0) is 11.3 Å². The number of rotatable bonds is 6. The Hall–Kier alpha value is -1.59. The summed E-state index contributed by atoms with van der Waals surface area (Å²) in [5.74, 6) is 0. The number of hydrogen-bond donors (Lipinski definition) is 1. The Balaban J connectivity index is 1.82. The molecule has 1 aromatic carbocycles. The van der Waals surface area contributed by atoms with Gasteiger partial charge in [-0.05, 0) is 25.8 Å². The van der Waals surface area contributed by atoms with Crippen molar-refractivity contribution in [2.24, 2.45) is 5.73 Å². The number of nitrogens with two attached hydrogens (primary N) is 1. The molecule has 5 nitrogen and oxygen atoms in total. The van der Waals surface area contributed by atoms with Crippen LogP contribution in [-0.4, -0.2) is 54.2 Å². The topological polar surface area (TPSA) is 58.8 Å². The Labute approximate surface area is 133 Å². The third-order valence-corrected chi connectivity index (χ3v) is 4.15. The summed E-state index contributed by atoms with van der Waals surface area (Å²) in [6.45, 7) is 7.68. The van der Waals surface area contributed by atoms with Gasteiger partial charge in [0.25, 0.3) is 0 Å². The molecule has 1 amide bonds. The molecule has 22 heavy (non-hydrogen) atoms. The molecule has 2 rings (SSSR count). The monoisotopic (exact) mass is 305 g/mol. The van der Waals surface area contributed by atoms with Crippen LogP contribution in [0.3, 0.4) is 0 Å². The number of likely N-dealkylation sites (tertiary alicyclic amines) is 1. The molecule has 0 aromatic heterocycles. The van der Waals surface area contributed by atoms with Gasteiger partial charge in [-0.2, -0.15) is 0 Å². The summed E-state index contributed by atoms with van der Waals surface area (Å²) in [7, 11) is 0. The smallest absolute Gasteiger partial charge is 0.410 e. The van der Waals surface area contributed by atoms with Crippen LogP contribution in [0.15, 0.2) is 30.3 Å². The third kappa shape index (κ3) is 4.45. The molecule has 0 aliphatic carbocycles. The molecular weight excluding hydrogens is 278 g/mol. The number of carbonyl (C=O) groups is 1. The summed E-state index contributed by atoms with van der Waals surface area (Å²) in [6.07, 6.45) is 0.765. The molecule has 1 fully saturated rings. The van der Waals surface area contributed by atoms with Crippen molar-refractivity contribution < 1.29 is 9.53 Å². The van der Waals surface area contributed by atoms with Gasteiger partial charge in [-0.3, -0.25) is 4.90 Å². The minimum absolute atomic E-state index is 0.220. The third-order valence-electron chi connectivity index (χ3n) is 4.15. The average molecular weight is 305 g/mol. The minimum Gasteiger partial charge on any atom is -0.445 e. The standard InChI is InChI=1S/C17H27N3O2/c1-14(2)20(11-9-18)16-8-10-19(12-16)17(21)22-13-15-6-4-3-5-7-15/h3-7,14,16H,8-13,18H2,1-2H3/t16-/m1/s1. The van der Waals surface area contributed by atoms with Crippen molar-refractivity contribution in [2.45, 2.75) is 39.0 Å². The van der Waals surface area contributed by atoms with Crippen LogP contribution in [0.25, 0.3) is 0 Å². The summed E-state index contributed by atoms with van der Waals surface area (Å²) >= 11 is 0. The number of benzene rings is 1. The van der Waals surface area contributed by atoms with Crippen molar-refractivity contribution in [3.8, 4) is 0 Å². The van der Waals surface area contributed by atoms with Crippen LogP contribution in [0.4, 0.5) is 4.79 Å². The van der Waals surface area contributed by atoms with Gasteiger partial charge in [-0.25, -0.2) is 4.79 Å². The fourth-order valence-corrected chi connectivity index (χ4v) is 3.00. The van der Waals surface area contributed by atoms with Crippen LogP contribution < -0.4 is 5.73 Å². The van der Waals surface area contributed by atoms with Crippen molar-refractivity contribution >= 4 is 6.09 Å². The van der Waals surface area contributed by atoms with Gasteiger partial charge in [0.15, 0.2) is 0 Å². The Morgan fingerprint density at radius 1 is 1.41 bits per heavy atom. The zero-order chi connectivity index (χ0) is 15.9. The second-order valence-electron chi connectivity index (χ2n) is 6.05. The van der Waals surface area contributed by atoms with Gasteiger partial charge in [0.2, 0.25) is 0 Å². The molecule has 0 spiro atoms. The van der Waals surface area contributed by atoms with E-state index in [4.69, 9.17) is 10.5 Å². The molecule has 0 unspecified atom stereocenters. The highest BCUT2D eigenvalue weighted by atomic mass is 16.6. The van der Waals surface area contributed by atoms with Gasteiger partial charge in [0, 0.05) is 38.3 Å². The molecule has 0 bridgehead atoms. The number of carbonyl (C=O) groups excluding carboxylic acids is 1. The van der Waals surface area contributed by atoms with Crippen molar-refractivity contribution in [1.29, 1.82) is 0 Å². The van der Waals surface area contributed by atoms with Crippen LogP contribution in [0, 0.1) is 0 Å². The highest BCUT2D eigenvalue weighted by molar-refractivity contribution is 5.68. The molecule has 1 heterocycles. The molecule has 0 saturated carbocycles. The number of hydrogen-bond acceptors (Lipinski definition) is 4. The van der Waals surface area contributed by atoms with E-state index in [-0.39, 0.29) is 6.09 Å². The van der Waals surface area contributed by atoms with E-state index in [0.29, 0.717) is 25.2 Å². The first kappa shape index (κ1) is 16.8. The molecule has 1 saturated heterocycles. The fraction of sp³-hybridized carbons (Fsp3) is 0.588. The first-order valence-corrected chi connectivity index (χ1v) is 8.03. The maximum Gasteiger partial charge on any atom is 0.410 e. The quantitative estimate of drug-likeness (QED) is 0.874. The van der Waals surface area contributed by atoms with Gasteiger partial charge in [-0.15, -0.1) is 0 Å². The summed E-state index contributed by atoms with van der Waals surface area (Å²) in [5.41, 5.74) is 6.71. The van der Waals surface area contributed by atoms with Crippen molar-refractivity contribution in [1.82, 2.24) is 9.80 Å². The number of amides is 1. The van der Waals surface area contributed by atoms with E-state index in [9.17, 15) is 4.79 Å². The van der Waals surface area contributed by atoms with Crippen LogP contribution >= 0.6 is 0 Å². The predicted molar refractivity (Wildman–Crippen MR) is 87.5 cm³/mol. The lowest BCUT2D eigenvalue weighted by Gasteiger charge is -2.32. The number of ether oxygens (including phenoxy) is 1. The molecule has 1 atom stereocenters.